The lowest BCUT2D eigenvalue weighted by Gasteiger charge is -2.32. The number of aliphatic hydroxyl groups is 1. The Kier molecular flexibility index (Phi) is 5.78. The van der Waals surface area contributed by atoms with E-state index in [0.717, 1.165) is 22.9 Å². The molecule has 1 aliphatic carbocycles. The average molecular weight is 572 g/mol. The topological polar surface area (TPSA) is 135 Å². The molecule has 214 valence electrons. The van der Waals surface area contributed by atoms with Crippen molar-refractivity contribution in [1.29, 1.82) is 0 Å². The molecule has 0 bridgehead atoms. The zero-order chi connectivity index (χ0) is 29.4. The van der Waals surface area contributed by atoms with E-state index in [1.165, 1.54) is 18.3 Å². The molecule has 3 atom stereocenters. The van der Waals surface area contributed by atoms with Crippen LogP contribution in [0.4, 0.5) is 14.6 Å². The van der Waals surface area contributed by atoms with Gasteiger partial charge >= 0.3 is 0 Å². The van der Waals surface area contributed by atoms with Gasteiger partial charge in [0, 0.05) is 42.5 Å². The second-order valence-electron chi connectivity index (χ2n) is 11.8. The number of pyridine rings is 2. The molecule has 2 amide bonds. The number of anilines is 1. The smallest absolute Gasteiger partial charge is 0.253 e. The summed E-state index contributed by atoms with van der Waals surface area (Å²) in [7, 11) is 0. The molecule has 1 spiro atoms. The number of fused-ring (bicyclic) bond motifs is 4. The van der Waals surface area contributed by atoms with Gasteiger partial charge < -0.3 is 20.3 Å². The Bertz CT molecular complexity index is 1780. The van der Waals surface area contributed by atoms with E-state index in [4.69, 9.17) is 0 Å². The number of halogens is 2. The molecule has 3 aromatic heterocycles. The maximum Gasteiger partial charge on any atom is 0.253 e. The van der Waals surface area contributed by atoms with E-state index in [1.807, 2.05) is 6.07 Å². The van der Waals surface area contributed by atoms with Crippen molar-refractivity contribution in [2.45, 2.75) is 62.6 Å². The molecule has 0 saturated heterocycles. The Labute approximate surface area is 239 Å². The maximum absolute atomic E-state index is 14.9. The van der Waals surface area contributed by atoms with Gasteiger partial charge in [0.2, 0.25) is 5.91 Å². The van der Waals surface area contributed by atoms with Crippen LogP contribution in [0.5, 0.6) is 0 Å². The molecule has 4 aromatic rings. The summed E-state index contributed by atoms with van der Waals surface area (Å²) in [5, 5.41) is 25.0. The highest BCUT2D eigenvalue weighted by molar-refractivity contribution is 6.06. The minimum atomic E-state index is -1.36. The van der Waals surface area contributed by atoms with Crippen LogP contribution < -0.4 is 10.6 Å². The third-order valence-electron chi connectivity index (χ3n) is 8.56. The Morgan fingerprint density at radius 3 is 2.81 bits per heavy atom. The van der Waals surface area contributed by atoms with Gasteiger partial charge in [-0.05, 0) is 56.0 Å². The SMILES string of the molecule is CC(C)(O)c1nnc2n1C[C@H](c1cccc(F)c1F)C[C@@H]2NC(=O)c1cnc2c(c1)CC1(C2)C(=O)Nc2ncccc21. The predicted molar refractivity (Wildman–Crippen MR) is 145 cm³/mol. The summed E-state index contributed by atoms with van der Waals surface area (Å²) in [6, 6.07) is 8.75. The van der Waals surface area contributed by atoms with E-state index in [-0.39, 0.29) is 30.3 Å². The first-order valence-electron chi connectivity index (χ1n) is 13.7. The van der Waals surface area contributed by atoms with Crippen molar-refractivity contribution >= 4 is 17.6 Å². The molecule has 2 aliphatic heterocycles. The Hall–Kier alpha value is -4.58. The third kappa shape index (κ3) is 4.00. The number of carbonyl (C=O) groups excluding carboxylic acids is 2. The molecule has 0 radical (unpaired) electrons. The summed E-state index contributed by atoms with van der Waals surface area (Å²) in [6.07, 6.45) is 4.13. The lowest BCUT2D eigenvalue weighted by molar-refractivity contribution is -0.120. The Morgan fingerprint density at radius 2 is 2.00 bits per heavy atom. The molecule has 10 nitrogen and oxygen atoms in total. The van der Waals surface area contributed by atoms with Crippen molar-refractivity contribution in [3.63, 3.8) is 0 Å². The van der Waals surface area contributed by atoms with Crippen molar-refractivity contribution < 1.29 is 23.5 Å². The number of carbonyl (C=O) groups is 2. The number of hydrogen-bond acceptors (Lipinski definition) is 7. The van der Waals surface area contributed by atoms with Crippen LogP contribution in [-0.4, -0.2) is 41.7 Å². The summed E-state index contributed by atoms with van der Waals surface area (Å²) in [4.78, 5) is 35.5. The lowest BCUT2D eigenvalue weighted by Crippen LogP contribution is -2.37. The quantitative estimate of drug-likeness (QED) is 0.342. The van der Waals surface area contributed by atoms with E-state index in [1.54, 1.807) is 36.7 Å². The van der Waals surface area contributed by atoms with Crippen LogP contribution in [0.1, 0.15) is 76.6 Å². The Morgan fingerprint density at radius 1 is 1.17 bits per heavy atom. The number of nitrogens with one attached hydrogen (secondary N) is 2. The molecule has 3 N–H and O–H groups in total. The lowest BCUT2D eigenvalue weighted by atomic mass is 9.80. The zero-order valence-electron chi connectivity index (χ0n) is 22.9. The van der Waals surface area contributed by atoms with Crippen molar-refractivity contribution in [2.24, 2.45) is 0 Å². The van der Waals surface area contributed by atoms with Crippen molar-refractivity contribution in [2.75, 3.05) is 5.32 Å². The number of aromatic nitrogens is 5. The molecular formula is C30H27F2N7O3. The second-order valence-corrected chi connectivity index (χ2v) is 11.8. The van der Waals surface area contributed by atoms with Gasteiger partial charge in [-0.1, -0.05) is 18.2 Å². The summed E-state index contributed by atoms with van der Waals surface area (Å²) < 4.78 is 30.7. The van der Waals surface area contributed by atoms with E-state index in [2.05, 4.69) is 30.8 Å². The first-order valence-corrected chi connectivity index (χ1v) is 13.7. The normalized spacial score (nSPS) is 22.5. The minimum Gasteiger partial charge on any atom is -0.382 e. The largest absolute Gasteiger partial charge is 0.382 e. The summed E-state index contributed by atoms with van der Waals surface area (Å²) in [6.45, 7) is 3.33. The van der Waals surface area contributed by atoms with E-state index >= 15 is 0 Å². The van der Waals surface area contributed by atoms with Crippen molar-refractivity contribution in [3.05, 3.63) is 100 Å². The monoisotopic (exact) mass is 571 g/mol. The minimum absolute atomic E-state index is 0.139. The standard InChI is InChI=1S/C30H27F2N7O3/c1-29(2,42)27-38-37-25-21(10-17(14-39(25)27)18-5-3-7-20(31)23(18)32)35-26(40)16-9-15-11-30(12-22(15)34-13-16)19-6-4-8-33-24(19)36-28(30)41/h3-9,13,17,21,42H,10-12,14H2,1-2H3,(H,35,40)(H,33,36,41)/t17-,21+,30?/m1/s1. The molecule has 0 fully saturated rings. The van der Waals surface area contributed by atoms with Gasteiger partial charge in [0.15, 0.2) is 23.3 Å². The third-order valence-corrected chi connectivity index (χ3v) is 8.56. The Balaban J connectivity index is 1.19. The van der Waals surface area contributed by atoms with Gasteiger partial charge in [-0.15, -0.1) is 10.2 Å². The molecular weight excluding hydrogens is 544 g/mol. The molecule has 3 aliphatic rings. The first-order chi connectivity index (χ1) is 20.0. The first kappa shape index (κ1) is 26.3. The van der Waals surface area contributed by atoms with Gasteiger partial charge in [-0.2, -0.15) is 0 Å². The molecule has 0 saturated carbocycles. The predicted octanol–water partition coefficient (Wildman–Crippen LogP) is 3.22. The van der Waals surface area contributed by atoms with Crippen molar-refractivity contribution in [1.82, 2.24) is 30.0 Å². The molecule has 42 heavy (non-hydrogen) atoms. The molecule has 1 aromatic carbocycles. The van der Waals surface area contributed by atoms with E-state index < -0.39 is 40.5 Å². The summed E-state index contributed by atoms with van der Waals surface area (Å²) in [5.41, 5.74) is 0.649. The van der Waals surface area contributed by atoms with Crippen LogP contribution in [0.25, 0.3) is 0 Å². The average Bonchev–Trinajstić information content (AvgIpc) is 3.64. The number of hydrogen-bond donors (Lipinski definition) is 3. The zero-order valence-corrected chi connectivity index (χ0v) is 22.9. The van der Waals surface area contributed by atoms with Gasteiger partial charge in [-0.25, -0.2) is 13.8 Å². The van der Waals surface area contributed by atoms with Gasteiger partial charge in [-0.3, -0.25) is 14.6 Å². The number of rotatable bonds is 4. The molecule has 7 rings (SSSR count). The van der Waals surface area contributed by atoms with Crippen LogP contribution in [0.2, 0.25) is 0 Å². The fourth-order valence-corrected chi connectivity index (χ4v) is 6.56. The highest BCUT2D eigenvalue weighted by Crippen LogP contribution is 2.46. The highest BCUT2D eigenvalue weighted by atomic mass is 19.2. The van der Waals surface area contributed by atoms with Crippen LogP contribution >= 0.6 is 0 Å². The van der Waals surface area contributed by atoms with Gasteiger partial charge in [0.25, 0.3) is 5.91 Å². The van der Waals surface area contributed by atoms with Crippen LogP contribution in [0.3, 0.4) is 0 Å². The van der Waals surface area contributed by atoms with Crippen molar-refractivity contribution in [3.8, 4) is 0 Å². The number of nitrogens with zero attached hydrogens (tertiary/aromatic N) is 5. The molecule has 12 heteroatoms. The van der Waals surface area contributed by atoms with Crippen LogP contribution in [0.15, 0.2) is 48.8 Å². The molecule has 5 heterocycles. The van der Waals surface area contributed by atoms with Crippen LogP contribution in [0, 0.1) is 11.6 Å². The second kappa shape index (κ2) is 9.21. The fourth-order valence-electron chi connectivity index (χ4n) is 6.56. The fraction of sp³-hybridized carbons (Fsp3) is 0.333. The maximum atomic E-state index is 14.9. The van der Waals surface area contributed by atoms with Gasteiger partial charge in [0.1, 0.15) is 11.4 Å². The number of amides is 2. The highest BCUT2D eigenvalue weighted by Gasteiger charge is 2.51. The summed E-state index contributed by atoms with van der Waals surface area (Å²) in [5.74, 6) is -1.79. The molecule has 1 unspecified atom stereocenters. The van der Waals surface area contributed by atoms with E-state index in [9.17, 15) is 23.5 Å². The number of benzene rings is 1. The van der Waals surface area contributed by atoms with Gasteiger partial charge in [0.05, 0.1) is 17.0 Å². The summed E-state index contributed by atoms with van der Waals surface area (Å²) >= 11 is 0. The van der Waals surface area contributed by atoms with Crippen LogP contribution in [-0.2, 0) is 35.2 Å². The van der Waals surface area contributed by atoms with E-state index in [0.29, 0.717) is 30.0 Å².